The van der Waals surface area contributed by atoms with Crippen LogP contribution in [0, 0.1) is 23.3 Å². The fraction of sp³-hybridized carbons (Fsp3) is 0.0769. The Morgan fingerprint density at radius 3 is 2.80 bits per heavy atom. The average Bonchev–Trinajstić information content (AvgIpc) is 2.72. The zero-order valence-electron chi connectivity index (χ0n) is 10.2. The lowest BCUT2D eigenvalue weighted by atomic mass is 10.2. The van der Waals surface area contributed by atoms with Crippen LogP contribution in [0.1, 0.15) is 5.56 Å². The number of halogens is 3. The van der Waals surface area contributed by atoms with Crippen LogP contribution in [0.25, 0.3) is 16.9 Å². The molecule has 0 aliphatic carbocycles. The highest BCUT2D eigenvalue weighted by Gasteiger charge is 2.15. The van der Waals surface area contributed by atoms with Gasteiger partial charge in [-0.3, -0.25) is 4.57 Å². The first-order valence-corrected chi connectivity index (χ1v) is 6.90. The van der Waals surface area contributed by atoms with E-state index in [4.69, 9.17) is 12.2 Å². The fourth-order valence-corrected chi connectivity index (χ4v) is 2.65. The molecule has 2 aromatic heterocycles. The van der Waals surface area contributed by atoms with Crippen LogP contribution >= 0.6 is 28.1 Å². The number of aryl methyl sites for hydroxylation is 1. The fourth-order valence-electron chi connectivity index (χ4n) is 2.03. The molecule has 0 saturated heterocycles. The monoisotopic (exact) mass is 355 g/mol. The lowest BCUT2D eigenvalue weighted by molar-refractivity contribution is 0.574. The molecule has 7 heteroatoms. The first kappa shape index (κ1) is 13.4. The standard InChI is InChI=1S/C13H8BrF2N3S/c1-6-2-3-17-12-11(6)18-13(20)19(12)10-4-7(14)8(15)5-9(10)16/h2-5H,1H3,(H,18,20). The van der Waals surface area contributed by atoms with E-state index in [2.05, 4.69) is 25.9 Å². The number of H-pyrrole nitrogens is 1. The largest absolute Gasteiger partial charge is 0.329 e. The van der Waals surface area contributed by atoms with Crippen molar-refractivity contribution in [3.63, 3.8) is 0 Å². The Kier molecular flexibility index (Phi) is 3.18. The second-order valence-electron chi connectivity index (χ2n) is 4.31. The van der Waals surface area contributed by atoms with Crippen LogP contribution in [0.2, 0.25) is 0 Å². The van der Waals surface area contributed by atoms with Crippen molar-refractivity contribution < 1.29 is 8.78 Å². The Hall–Kier alpha value is -1.60. The van der Waals surface area contributed by atoms with Crippen LogP contribution < -0.4 is 0 Å². The molecule has 3 rings (SSSR count). The van der Waals surface area contributed by atoms with E-state index in [0.29, 0.717) is 10.4 Å². The van der Waals surface area contributed by atoms with Gasteiger partial charge in [-0.25, -0.2) is 13.8 Å². The maximum Gasteiger partial charge on any atom is 0.184 e. The summed E-state index contributed by atoms with van der Waals surface area (Å²) in [5, 5.41) is 0. The van der Waals surface area contributed by atoms with Crippen LogP contribution in [0.15, 0.2) is 28.9 Å². The summed E-state index contributed by atoms with van der Waals surface area (Å²) < 4.78 is 29.3. The highest BCUT2D eigenvalue weighted by Crippen LogP contribution is 2.26. The number of nitrogens with one attached hydrogen (secondary N) is 1. The molecule has 0 aliphatic heterocycles. The average molecular weight is 356 g/mol. The van der Waals surface area contributed by atoms with E-state index in [1.54, 1.807) is 6.20 Å². The molecule has 2 heterocycles. The third-order valence-corrected chi connectivity index (χ3v) is 3.91. The molecule has 1 aromatic carbocycles. The normalized spacial score (nSPS) is 11.2. The van der Waals surface area contributed by atoms with Crippen LogP contribution in [0.4, 0.5) is 8.78 Å². The third kappa shape index (κ3) is 1.97. The lowest BCUT2D eigenvalue weighted by Gasteiger charge is -2.07. The van der Waals surface area contributed by atoms with Crippen LogP contribution in [-0.2, 0) is 0 Å². The minimum Gasteiger partial charge on any atom is -0.329 e. The highest BCUT2D eigenvalue weighted by molar-refractivity contribution is 9.10. The Balaban J connectivity index is 2.41. The van der Waals surface area contributed by atoms with Crippen LogP contribution in [0.5, 0.6) is 0 Å². The van der Waals surface area contributed by atoms with E-state index in [9.17, 15) is 8.78 Å². The highest BCUT2D eigenvalue weighted by atomic mass is 79.9. The molecule has 20 heavy (non-hydrogen) atoms. The number of fused-ring (bicyclic) bond motifs is 1. The van der Waals surface area contributed by atoms with E-state index in [1.807, 2.05) is 13.0 Å². The van der Waals surface area contributed by atoms with Gasteiger partial charge in [-0.15, -0.1) is 0 Å². The molecular formula is C13H8BrF2N3S. The molecule has 0 saturated carbocycles. The molecule has 3 aromatic rings. The Morgan fingerprint density at radius 1 is 1.30 bits per heavy atom. The van der Waals surface area contributed by atoms with Crippen molar-refractivity contribution in [2.45, 2.75) is 6.92 Å². The molecule has 1 N–H and O–H groups in total. The summed E-state index contributed by atoms with van der Waals surface area (Å²) in [5.74, 6) is -1.37. The summed E-state index contributed by atoms with van der Waals surface area (Å²) in [4.78, 5) is 7.22. The Labute approximate surface area is 126 Å². The third-order valence-electron chi connectivity index (χ3n) is 3.02. The topological polar surface area (TPSA) is 33.6 Å². The molecule has 0 amide bonds. The molecule has 102 valence electrons. The maximum absolute atomic E-state index is 14.0. The molecule has 0 fully saturated rings. The van der Waals surface area contributed by atoms with Gasteiger partial charge in [0.25, 0.3) is 0 Å². The van der Waals surface area contributed by atoms with Crippen molar-refractivity contribution in [3.8, 4) is 5.69 Å². The minimum atomic E-state index is -0.703. The van der Waals surface area contributed by atoms with Gasteiger partial charge in [-0.2, -0.15) is 0 Å². The predicted octanol–water partition coefficient (Wildman–Crippen LogP) is 4.43. The molecule has 0 unspecified atom stereocenters. The van der Waals surface area contributed by atoms with Crippen molar-refractivity contribution in [2.75, 3.05) is 0 Å². The van der Waals surface area contributed by atoms with Gasteiger partial charge in [-0.05, 0) is 52.8 Å². The summed E-state index contributed by atoms with van der Waals surface area (Å²) in [5.41, 5.74) is 2.33. The number of imidazole rings is 1. The van der Waals surface area contributed by atoms with Gasteiger partial charge in [0.05, 0.1) is 15.7 Å². The smallest absolute Gasteiger partial charge is 0.184 e. The maximum atomic E-state index is 14.0. The first-order valence-electron chi connectivity index (χ1n) is 5.70. The summed E-state index contributed by atoms with van der Waals surface area (Å²) in [6, 6.07) is 3.99. The number of pyridine rings is 1. The summed E-state index contributed by atoms with van der Waals surface area (Å²) in [6.07, 6.45) is 1.62. The number of hydrogen-bond donors (Lipinski definition) is 1. The number of nitrogens with zero attached hydrogens (tertiary/aromatic N) is 2. The van der Waals surface area contributed by atoms with Gasteiger partial charge >= 0.3 is 0 Å². The van der Waals surface area contributed by atoms with Gasteiger partial charge in [-0.1, -0.05) is 0 Å². The summed E-state index contributed by atoms with van der Waals surface area (Å²) in [6.45, 7) is 1.90. The second-order valence-corrected chi connectivity index (χ2v) is 5.55. The zero-order chi connectivity index (χ0) is 14.4. The van der Waals surface area contributed by atoms with Gasteiger partial charge in [0.15, 0.2) is 10.4 Å². The number of aromatic amines is 1. The number of benzene rings is 1. The van der Waals surface area contributed by atoms with Gasteiger partial charge in [0.1, 0.15) is 11.6 Å². The predicted molar refractivity (Wildman–Crippen MR) is 78.6 cm³/mol. The number of rotatable bonds is 1. The zero-order valence-corrected chi connectivity index (χ0v) is 12.6. The van der Waals surface area contributed by atoms with Gasteiger partial charge in [0, 0.05) is 12.3 Å². The van der Waals surface area contributed by atoms with Crippen LogP contribution in [0.3, 0.4) is 0 Å². The van der Waals surface area contributed by atoms with Crippen molar-refractivity contribution in [3.05, 3.63) is 50.8 Å². The van der Waals surface area contributed by atoms with E-state index in [0.717, 1.165) is 17.1 Å². The SMILES string of the molecule is Cc1ccnc2c1[nH]c(=S)n2-c1cc(Br)c(F)cc1F. The molecule has 3 nitrogen and oxygen atoms in total. The minimum absolute atomic E-state index is 0.146. The quantitative estimate of drug-likeness (QED) is 0.517. The Bertz CT molecular complexity index is 885. The van der Waals surface area contributed by atoms with Crippen molar-refractivity contribution in [2.24, 2.45) is 0 Å². The van der Waals surface area contributed by atoms with Crippen molar-refractivity contribution >= 4 is 39.3 Å². The van der Waals surface area contributed by atoms with Crippen molar-refractivity contribution in [1.82, 2.24) is 14.5 Å². The summed E-state index contributed by atoms with van der Waals surface area (Å²) in [7, 11) is 0. The summed E-state index contributed by atoms with van der Waals surface area (Å²) >= 11 is 8.27. The molecular weight excluding hydrogens is 348 g/mol. The molecule has 0 bridgehead atoms. The first-order chi connectivity index (χ1) is 9.49. The van der Waals surface area contributed by atoms with Crippen molar-refractivity contribution in [1.29, 1.82) is 0 Å². The van der Waals surface area contributed by atoms with E-state index in [1.165, 1.54) is 10.6 Å². The van der Waals surface area contributed by atoms with E-state index in [-0.39, 0.29) is 10.2 Å². The molecule has 0 aliphatic rings. The lowest BCUT2D eigenvalue weighted by Crippen LogP contribution is -2.00. The second kappa shape index (κ2) is 4.75. The van der Waals surface area contributed by atoms with E-state index < -0.39 is 11.6 Å². The molecule has 0 atom stereocenters. The van der Waals surface area contributed by atoms with Gasteiger partial charge in [0.2, 0.25) is 0 Å². The number of hydrogen-bond acceptors (Lipinski definition) is 2. The molecule has 0 radical (unpaired) electrons. The Morgan fingerprint density at radius 2 is 2.05 bits per heavy atom. The molecule has 0 spiro atoms. The number of aromatic nitrogens is 3. The van der Waals surface area contributed by atoms with Gasteiger partial charge < -0.3 is 4.98 Å². The van der Waals surface area contributed by atoms with E-state index >= 15 is 0 Å². The van der Waals surface area contributed by atoms with Crippen LogP contribution in [-0.4, -0.2) is 14.5 Å².